The fraction of sp³-hybridized carbons (Fsp3) is 0.597. The van der Waals surface area contributed by atoms with Crippen molar-refractivity contribution in [2.75, 3.05) is 32.8 Å². The fourth-order valence-corrected chi connectivity index (χ4v) is 11.5. The van der Waals surface area contributed by atoms with Crippen LogP contribution in [0.5, 0.6) is 17.2 Å². The Hall–Kier alpha value is -6.25. The van der Waals surface area contributed by atoms with Gasteiger partial charge < -0.3 is 38.5 Å². The lowest BCUT2D eigenvalue weighted by Gasteiger charge is -2.35. The van der Waals surface area contributed by atoms with Gasteiger partial charge in [0, 0.05) is 65.2 Å². The molecule has 2 heterocycles. The summed E-state index contributed by atoms with van der Waals surface area (Å²) in [6.45, 7) is 25.6. The average Bonchev–Trinajstić information content (AvgIpc) is 3.94. The topological polar surface area (TPSA) is 190 Å². The van der Waals surface area contributed by atoms with Crippen LogP contribution in [0.4, 0.5) is 9.59 Å². The van der Waals surface area contributed by atoms with Crippen molar-refractivity contribution < 1.29 is 62.0 Å². The first-order chi connectivity index (χ1) is 36.1. The number of carbonyl (C=O) groups excluding carboxylic acids is 7. The van der Waals surface area contributed by atoms with E-state index >= 15 is 0 Å². The van der Waals surface area contributed by atoms with E-state index in [2.05, 4.69) is 45.1 Å². The summed E-state index contributed by atoms with van der Waals surface area (Å²) in [7, 11) is 0. The minimum absolute atomic E-state index is 0.00655. The van der Waals surface area contributed by atoms with E-state index in [1.165, 1.54) is 10.5 Å². The quantitative estimate of drug-likeness (QED) is 0.0655. The Bertz CT molecular complexity index is 2860. The Morgan fingerprint density at radius 2 is 1.31 bits per heavy atom. The van der Waals surface area contributed by atoms with Crippen LogP contribution in [-0.2, 0) is 57.1 Å². The van der Waals surface area contributed by atoms with Gasteiger partial charge in [0.25, 0.3) is 0 Å². The van der Waals surface area contributed by atoms with Crippen LogP contribution in [0.25, 0.3) is 16.5 Å². The zero-order valence-corrected chi connectivity index (χ0v) is 47.9. The van der Waals surface area contributed by atoms with Crippen molar-refractivity contribution in [2.24, 2.45) is 5.92 Å². The van der Waals surface area contributed by atoms with Gasteiger partial charge in [-0.3, -0.25) is 24.1 Å². The number of ketones is 3. The van der Waals surface area contributed by atoms with E-state index in [1.54, 1.807) is 48.5 Å². The number of fused-ring (bicyclic) bond motifs is 9. The Kier molecular flexibility index (Phi) is 17.7. The van der Waals surface area contributed by atoms with Gasteiger partial charge in [-0.15, -0.1) is 0 Å². The zero-order valence-electron chi connectivity index (χ0n) is 47.9. The molecule has 0 bridgehead atoms. The summed E-state index contributed by atoms with van der Waals surface area (Å²) in [5, 5.41) is 4.33. The molecule has 3 aromatic carbocycles. The lowest BCUT2D eigenvalue weighted by Crippen LogP contribution is -2.43. The molecule has 0 saturated heterocycles. The zero-order chi connectivity index (χ0) is 56.4. The number of hydrogen-bond acceptors (Lipinski definition) is 13. The molecule has 77 heavy (non-hydrogen) atoms. The van der Waals surface area contributed by atoms with Crippen molar-refractivity contribution in [3.8, 4) is 17.2 Å². The smallest absolute Gasteiger partial charge is 0.412 e. The molecule has 0 unspecified atom stereocenters. The first-order valence-corrected chi connectivity index (χ1v) is 27.9. The van der Waals surface area contributed by atoms with E-state index < -0.39 is 35.3 Å². The Morgan fingerprint density at radius 1 is 0.701 bits per heavy atom. The van der Waals surface area contributed by atoms with Gasteiger partial charge in [0.15, 0.2) is 11.5 Å². The number of hydrogen-bond donors (Lipinski definition) is 1. The summed E-state index contributed by atoms with van der Waals surface area (Å²) < 4.78 is 35.3. The summed E-state index contributed by atoms with van der Waals surface area (Å²) in [6.07, 6.45) is 8.36. The molecule has 15 heteroatoms. The van der Waals surface area contributed by atoms with Gasteiger partial charge in [-0.25, -0.2) is 9.59 Å². The second kappa shape index (κ2) is 23.4. The fourth-order valence-electron chi connectivity index (χ4n) is 11.5. The minimum atomic E-state index is -0.779. The number of amides is 2. The van der Waals surface area contributed by atoms with E-state index in [0.29, 0.717) is 54.3 Å². The van der Waals surface area contributed by atoms with Crippen LogP contribution >= 0.6 is 0 Å². The normalized spacial score (nSPS) is 18.7. The molecule has 15 nitrogen and oxygen atoms in total. The summed E-state index contributed by atoms with van der Waals surface area (Å²) in [5.74, 6) is -0.0129. The van der Waals surface area contributed by atoms with E-state index in [-0.39, 0.29) is 84.0 Å². The highest BCUT2D eigenvalue weighted by atomic mass is 16.6. The molecule has 418 valence electrons. The number of carbonyl (C=O) groups is 7. The average molecular weight is 1060 g/mol. The summed E-state index contributed by atoms with van der Waals surface area (Å²) in [4.78, 5) is 90.6. The molecule has 3 aromatic rings. The molecule has 0 saturated carbocycles. The van der Waals surface area contributed by atoms with Crippen LogP contribution in [0, 0.1) is 5.92 Å². The summed E-state index contributed by atoms with van der Waals surface area (Å²) >= 11 is 0. The number of nitrogens with one attached hydrogen (secondary N) is 1. The molecule has 0 aromatic heterocycles. The molecule has 2 atom stereocenters. The number of aryl methyl sites for hydroxylation is 1. The molecule has 0 spiro atoms. The Labute approximate surface area is 454 Å². The molecule has 2 amide bonds. The van der Waals surface area contributed by atoms with Gasteiger partial charge in [-0.2, -0.15) is 0 Å². The number of ether oxygens (including phenoxy) is 6. The van der Waals surface area contributed by atoms with E-state index in [4.69, 9.17) is 28.4 Å². The standard InChI is InChI=1S/C43H62N2O10.C19H20O3/c1-27-26-51-36-30-20-21-31-29(18-15-22-43(31,9)10)35(30)38(52-32(47)19-14-12-11-13-17-28(2)46)37(34(27)36)53-39(49)44-23-16-24-45(40(50)55-42(6,7)8)25-33(48)54-41(3,4)5;1-10-9-22-18-12-6-7-13-11(5-4-8-19(13,2)3)15(12)17(21)16(20)14(10)18/h20-21,27H,11-19,22-26H2,1-10H3,(H,44,49);6-7,10H,4-5,8-9H2,1-3H3/t27-;10-/m00/s1. The number of nitrogens with zero attached hydrogens (tertiary/aromatic N) is 1. The highest BCUT2D eigenvalue weighted by molar-refractivity contribution is 6.52. The van der Waals surface area contributed by atoms with Crippen molar-refractivity contribution in [2.45, 2.75) is 201 Å². The second-order valence-electron chi connectivity index (χ2n) is 25.0. The van der Waals surface area contributed by atoms with Gasteiger partial charge >= 0.3 is 24.1 Å². The molecule has 2 aliphatic heterocycles. The van der Waals surface area contributed by atoms with Gasteiger partial charge in [0.1, 0.15) is 35.0 Å². The molecular weight excluding hydrogens is 981 g/mol. The molecule has 3 aliphatic carbocycles. The first-order valence-electron chi connectivity index (χ1n) is 27.9. The van der Waals surface area contributed by atoms with Crippen LogP contribution in [0.15, 0.2) is 29.8 Å². The third-order valence-electron chi connectivity index (χ3n) is 15.2. The van der Waals surface area contributed by atoms with Gasteiger partial charge in [-0.05, 0) is 139 Å². The summed E-state index contributed by atoms with van der Waals surface area (Å²) in [5.41, 5.74) is 5.65. The molecular formula is C62H82N2O13. The maximum Gasteiger partial charge on any atom is 0.412 e. The highest BCUT2D eigenvalue weighted by Crippen LogP contribution is 2.55. The Balaban J connectivity index is 0.000000321. The van der Waals surface area contributed by atoms with Crippen molar-refractivity contribution in [3.63, 3.8) is 0 Å². The van der Waals surface area contributed by atoms with E-state index in [0.717, 1.165) is 90.8 Å². The second-order valence-corrected chi connectivity index (χ2v) is 25.0. The van der Waals surface area contributed by atoms with Crippen molar-refractivity contribution in [1.29, 1.82) is 0 Å². The largest absolute Gasteiger partial charge is 0.492 e. The van der Waals surface area contributed by atoms with Crippen LogP contribution in [-0.4, -0.2) is 90.4 Å². The number of rotatable bonds is 15. The summed E-state index contributed by atoms with van der Waals surface area (Å²) in [6, 6.07) is 8.29. The minimum Gasteiger partial charge on any atom is -0.492 e. The lowest BCUT2D eigenvalue weighted by molar-refractivity contribution is -0.156. The maximum atomic E-state index is 13.6. The predicted molar refractivity (Wildman–Crippen MR) is 294 cm³/mol. The van der Waals surface area contributed by atoms with Gasteiger partial charge in [0.2, 0.25) is 11.6 Å². The SMILES string of the molecule is CC(=O)CCCCCCC(=O)Oc1c(OC(=O)NCCCN(CC(=O)OC(C)(C)C)C(=O)OC(C)(C)C)c2c(c3ccc4c(c13)CCCC4(C)C)OC[C@@H]2C.C[C@H]1COC2=C1C(=O)C(=O)c1c2ccc2c1CCCC2(C)C. The first kappa shape index (κ1) is 58.4. The van der Waals surface area contributed by atoms with Crippen molar-refractivity contribution >= 4 is 58.0 Å². The third kappa shape index (κ3) is 13.5. The third-order valence-corrected chi connectivity index (χ3v) is 15.2. The van der Waals surface area contributed by atoms with Crippen LogP contribution in [0.2, 0.25) is 0 Å². The van der Waals surface area contributed by atoms with Gasteiger partial charge in [0.05, 0.1) is 18.8 Å². The number of unbranched alkanes of at least 4 members (excludes halogenated alkanes) is 3. The number of Topliss-reactive ketones (excluding diaryl/α,β-unsaturated/α-hetero) is 3. The Morgan fingerprint density at radius 3 is 1.96 bits per heavy atom. The highest BCUT2D eigenvalue weighted by Gasteiger charge is 2.44. The molecule has 5 aliphatic rings. The molecule has 0 fully saturated rings. The van der Waals surface area contributed by atoms with E-state index in [1.807, 2.05) is 26.0 Å². The molecule has 1 N–H and O–H groups in total. The monoisotopic (exact) mass is 1060 g/mol. The molecule has 8 rings (SSSR count). The molecule has 0 radical (unpaired) electrons. The van der Waals surface area contributed by atoms with E-state index in [9.17, 15) is 33.6 Å². The maximum absolute atomic E-state index is 13.6. The number of esters is 2. The van der Waals surface area contributed by atoms with Gasteiger partial charge in [-0.1, -0.05) is 78.6 Å². The van der Waals surface area contributed by atoms with Crippen molar-refractivity contribution in [3.05, 3.63) is 68.8 Å². The number of benzene rings is 3. The van der Waals surface area contributed by atoms with Crippen molar-refractivity contribution in [1.82, 2.24) is 10.2 Å². The van der Waals surface area contributed by atoms with Crippen LogP contribution in [0.3, 0.4) is 0 Å². The van der Waals surface area contributed by atoms with Crippen LogP contribution in [0.1, 0.15) is 210 Å². The lowest BCUT2D eigenvalue weighted by atomic mass is 9.69. The predicted octanol–water partition coefficient (Wildman–Crippen LogP) is 12.3. The van der Waals surface area contributed by atoms with Crippen LogP contribution < -0.4 is 19.5 Å².